The highest BCUT2D eigenvalue weighted by atomic mass is 32.2. The minimum atomic E-state index is -0.748. The van der Waals surface area contributed by atoms with Crippen LogP contribution in [0.2, 0.25) is 0 Å². The third-order valence-corrected chi connectivity index (χ3v) is 5.52. The molecule has 1 N–H and O–H groups in total. The van der Waals surface area contributed by atoms with Gasteiger partial charge in [0.15, 0.2) is 0 Å². The summed E-state index contributed by atoms with van der Waals surface area (Å²) in [6, 6.07) is 7.31. The van der Waals surface area contributed by atoms with Crippen LogP contribution in [0, 0.1) is 6.92 Å². The maximum Gasteiger partial charge on any atom is 0.325 e. The highest BCUT2D eigenvalue weighted by molar-refractivity contribution is 7.99. The van der Waals surface area contributed by atoms with Crippen LogP contribution >= 0.6 is 11.8 Å². The number of amides is 3. The Bertz CT molecular complexity index is 796. The molecular weight excluding hydrogens is 328 g/mol. The topological polar surface area (TPSA) is 88.3 Å². The van der Waals surface area contributed by atoms with E-state index in [0.29, 0.717) is 18.1 Å². The zero-order chi connectivity index (χ0) is 16.7. The van der Waals surface area contributed by atoms with Gasteiger partial charge in [0.05, 0.1) is 0 Å². The van der Waals surface area contributed by atoms with Gasteiger partial charge in [-0.2, -0.15) is 11.8 Å². The fourth-order valence-electron chi connectivity index (χ4n) is 2.92. The van der Waals surface area contributed by atoms with E-state index in [1.807, 2.05) is 31.2 Å². The summed E-state index contributed by atoms with van der Waals surface area (Å²) in [6.45, 7) is 1.99. The molecule has 1 spiro atoms. The van der Waals surface area contributed by atoms with Crippen molar-refractivity contribution in [1.82, 2.24) is 20.4 Å². The van der Waals surface area contributed by atoms with Gasteiger partial charge in [-0.1, -0.05) is 17.7 Å². The maximum atomic E-state index is 12.6. The molecule has 124 valence electrons. The normalized spacial score (nSPS) is 23.3. The molecule has 2 fully saturated rings. The van der Waals surface area contributed by atoms with E-state index in [4.69, 9.17) is 4.42 Å². The molecule has 0 aliphatic carbocycles. The van der Waals surface area contributed by atoms with Crippen molar-refractivity contribution in [1.29, 1.82) is 0 Å². The molecule has 7 nitrogen and oxygen atoms in total. The smallest absolute Gasteiger partial charge is 0.325 e. The van der Waals surface area contributed by atoms with Gasteiger partial charge in [-0.25, -0.2) is 4.79 Å². The molecule has 2 aromatic rings. The first kappa shape index (κ1) is 15.2. The Morgan fingerprint density at radius 3 is 2.79 bits per heavy atom. The SMILES string of the molecule is Cc1ccc(-c2nnc(CN3C(=O)NC4(CCSC4)C3=O)o2)cc1. The second-order valence-electron chi connectivity index (χ2n) is 6.07. The number of imide groups is 1. The lowest BCUT2D eigenvalue weighted by molar-refractivity contribution is -0.131. The van der Waals surface area contributed by atoms with Crippen molar-refractivity contribution < 1.29 is 14.0 Å². The molecule has 3 amide bonds. The monoisotopic (exact) mass is 344 g/mol. The van der Waals surface area contributed by atoms with Crippen LogP contribution in [0.1, 0.15) is 17.9 Å². The number of hydrogen-bond donors (Lipinski definition) is 1. The van der Waals surface area contributed by atoms with Gasteiger partial charge in [0.2, 0.25) is 11.8 Å². The summed E-state index contributed by atoms with van der Waals surface area (Å²) < 4.78 is 5.62. The number of urea groups is 1. The van der Waals surface area contributed by atoms with Gasteiger partial charge in [0, 0.05) is 11.3 Å². The molecule has 2 aliphatic rings. The van der Waals surface area contributed by atoms with Crippen LogP contribution in [0.25, 0.3) is 11.5 Å². The lowest BCUT2D eigenvalue weighted by Crippen LogP contribution is -2.46. The largest absolute Gasteiger partial charge is 0.419 e. The molecule has 1 atom stereocenters. The van der Waals surface area contributed by atoms with E-state index in [1.165, 1.54) is 0 Å². The summed E-state index contributed by atoms with van der Waals surface area (Å²) in [4.78, 5) is 25.9. The van der Waals surface area contributed by atoms with Crippen molar-refractivity contribution in [2.45, 2.75) is 25.4 Å². The molecule has 1 aromatic carbocycles. The van der Waals surface area contributed by atoms with Gasteiger partial charge in [-0.05, 0) is 31.2 Å². The van der Waals surface area contributed by atoms with Crippen molar-refractivity contribution in [2.75, 3.05) is 11.5 Å². The summed E-state index contributed by atoms with van der Waals surface area (Å²) in [5.41, 5.74) is 1.19. The molecule has 2 saturated heterocycles. The molecular formula is C16H16N4O3S. The van der Waals surface area contributed by atoms with Crippen LogP contribution in [-0.2, 0) is 11.3 Å². The molecule has 1 aromatic heterocycles. The minimum absolute atomic E-state index is 0.00402. The molecule has 0 radical (unpaired) electrons. The summed E-state index contributed by atoms with van der Waals surface area (Å²) in [5.74, 6) is 1.91. The van der Waals surface area contributed by atoms with Crippen molar-refractivity contribution in [2.24, 2.45) is 0 Å². The summed E-state index contributed by atoms with van der Waals surface area (Å²) in [5, 5.41) is 10.8. The Balaban J connectivity index is 1.53. The number of thioether (sulfide) groups is 1. The third kappa shape index (κ3) is 2.47. The molecule has 2 aliphatic heterocycles. The number of aromatic nitrogens is 2. The Morgan fingerprint density at radius 2 is 2.08 bits per heavy atom. The number of aryl methyl sites for hydroxylation is 1. The number of carbonyl (C=O) groups is 2. The van der Waals surface area contributed by atoms with Gasteiger partial charge in [-0.15, -0.1) is 10.2 Å². The van der Waals surface area contributed by atoms with Gasteiger partial charge in [0.1, 0.15) is 12.1 Å². The number of benzene rings is 1. The number of nitrogens with one attached hydrogen (secondary N) is 1. The zero-order valence-corrected chi connectivity index (χ0v) is 13.9. The van der Waals surface area contributed by atoms with E-state index >= 15 is 0 Å². The summed E-state index contributed by atoms with van der Waals surface area (Å²) in [7, 11) is 0. The lowest BCUT2D eigenvalue weighted by atomic mass is 9.99. The predicted octanol–water partition coefficient (Wildman–Crippen LogP) is 1.97. The second kappa shape index (κ2) is 5.62. The Morgan fingerprint density at radius 1 is 1.29 bits per heavy atom. The highest BCUT2D eigenvalue weighted by Gasteiger charge is 2.53. The van der Waals surface area contributed by atoms with Gasteiger partial charge >= 0.3 is 6.03 Å². The van der Waals surface area contributed by atoms with E-state index in [0.717, 1.165) is 21.8 Å². The zero-order valence-electron chi connectivity index (χ0n) is 13.1. The van der Waals surface area contributed by atoms with E-state index < -0.39 is 11.6 Å². The van der Waals surface area contributed by atoms with E-state index in [2.05, 4.69) is 15.5 Å². The average molecular weight is 344 g/mol. The van der Waals surface area contributed by atoms with Crippen molar-refractivity contribution in [3.63, 3.8) is 0 Å². The van der Waals surface area contributed by atoms with Crippen LogP contribution in [0.15, 0.2) is 28.7 Å². The van der Waals surface area contributed by atoms with Crippen LogP contribution in [0.4, 0.5) is 4.79 Å². The average Bonchev–Trinajstić information content (AvgIpc) is 3.27. The molecule has 4 rings (SSSR count). The molecule has 24 heavy (non-hydrogen) atoms. The third-order valence-electron chi connectivity index (χ3n) is 4.33. The number of nitrogens with zero attached hydrogens (tertiary/aromatic N) is 3. The molecule has 1 unspecified atom stereocenters. The van der Waals surface area contributed by atoms with E-state index in [9.17, 15) is 9.59 Å². The predicted molar refractivity (Wildman–Crippen MR) is 88.2 cm³/mol. The number of hydrogen-bond acceptors (Lipinski definition) is 6. The van der Waals surface area contributed by atoms with Gasteiger partial charge in [0.25, 0.3) is 5.91 Å². The van der Waals surface area contributed by atoms with Crippen LogP contribution in [0.3, 0.4) is 0 Å². The first-order chi connectivity index (χ1) is 11.6. The molecule has 3 heterocycles. The Kier molecular flexibility index (Phi) is 3.56. The molecule has 8 heteroatoms. The molecule has 0 saturated carbocycles. The minimum Gasteiger partial charge on any atom is -0.419 e. The van der Waals surface area contributed by atoms with Gasteiger partial charge in [-0.3, -0.25) is 9.69 Å². The Labute approximate surface area is 142 Å². The first-order valence-electron chi connectivity index (χ1n) is 7.69. The summed E-state index contributed by atoms with van der Waals surface area (Å²) >= 11 is 1.67. The van der Waals surface area contributed by atoms with Crippen LogP contribution in [-0.4, -0.2) is 44.1 Å². The van der Waals surface area contributed by atoms with Crippen LogP contribution in [0.5, 0.6) is 0 Å². The summed E-state index contributed by atoms with van der Waals surface area (Å²) in [6.07, 6.45) is 0.664. The highest BCUT2D eigenvalue weighted by Crippen LogP contribution is 2.34. The fourth-order valence-corrected chi connectivity index (χ4v) is 4.24. The second-order valence-corrected chi connectivity index (χ2v) is 7.18. The fraction of sp³-hybridized carbons (Fsp3) is 0.375. The lowest BCUT2D eigenvalue weighted by Gasteiger charge is -2.18. The molecule has 0 bridgehead atoms. The standard InChI is InChI=1S/C16H16N4O3S/c1-10-2-4-11(5-3-10)13-19-18-12(23-13)8-20-14(21)16(17-15(20)22)6-7-24-9-16/h2-5H,6-9H2,1H3,(H,17,22). The van der Waals surface area contributed by atoms with Crippen LogP contribution < -0.4 is 5.32 Å². The van der Waals surface area contributed by atoms with Crippen molar-refractivity contribution in [3.8, 4) is 11.5 Å². The van der Waals surface area contributed by atoms with Gasteiger partial charge < -0.3 is 9.73 Å². The Hall–Kier alpha value is -2.35. The quantitative estimate of drug-likeness (QED) is 0.857. The van der Waals surface area contributed by atoms with Crippen molar-refractivity contribution in [3.05, 3.63) is 35.7 Å². The van der Waals surface area contributed by atoms with E-state index in [-0.39, 0.29) is 18.3 Å². The maximum absolute atomic E-state index is 12.6. The van der Waals surface area contributed by atoms with Crippen molar-refractivity contribution >= 4 is 23.7 Å². The first-order valence-corrected chi connectivity index (χ1v) is 8.84. The number of carbonyl (C=O) groups excluding carboxylic acids is 2. The van der Waals surface area contributed by atoms with E-state index in [1.54, 1.807) is 11.8 Å². The number of rotatable bonds is 3.